The number of hydrogen-bond acceptors (Lipinski definition) is 3. The minimum Gasteiger partial charge on any atom is -0.490 e. The minimum atomic E-state index is 0.543. The molecule has 0 bridgehead atoms. The third-order valence-corrected chi connectivity index (χ3v) is 3.26. The van der Waals surface area contributed by atoms with E-state index in [2.05, 4.69) is 36.5 Å². The predicted molar refractivity (Wildman–Crippen MR) is 86.0 cm³/mol. The van der Waals surface area contributed by atoms with Gasteiger partial charge < -0.3 is 14.8 Å². The van der Waals surface area contributed by atoms with Crippen molar-refractivity contribution < 1.29 is 9.47 Å². The molecule has 3 heteroatoms. The van der Waals surface area contributed by atoms with Crippen LogP contribution in [0.2, 0.25) is 0 Å². The van der Waals surface area contributed by atoms with Crippen molar-refractivity contribution in [2.75, 3.05) is 20.3 Å². The molecule has 0 spiro atoms. The van der Waals surface area contributed by atoms with E-state index in [0.29, 0.717) is 13.2 Å². The molecule has 0 saturated heterocycles. The van der Waals surface area contributed by atoms with Crippen LogP contribution < -0.4 is 14.8 Å². The average Bonchev–Trinajstić information content (AvgIpc) is 2.54. The summed E-state index contributed by atoms with van der Waals surface area (Å²) in [4.78, 5) is 0. The third-order valence-electron chi connectivity index (χ3n) is 3.26. The lowest BCUT2D eigenvalue weighted by Crippen LogP contribution is -2.09. The van der Waals surface area contributed by atoms with Gasteiger partial charge in [-0.2, -0.15) is 0 Å². The van der Waals surface area contributed by atoms with Gasteiger partial charge in [0, 0.05) is 6.54 Å². The molecule has 3 nitrogen and oxygen atoms in total. The van der Waals surface area contributed by atoms with Gasteiger partial charge in [-0.3, -0.25) is 0 Å². The van der Waals surface area contributed by atoms with Gasteiger partial charge in [0.1, 0.15) is 24.7 Å². The maximum atomic E-state index is 5.66. The molecule has 0 aliphatic carbocycles. The molecule has 0 atom stereocenters. The Morgan fingerprint density at radius 2 is 1.24 bits per heavy atom. The van der Waals surface area contributed by atoms with Gasteiger partial charge in [0.05, 0.1) is 0 Å². The molecule has 2 aromatic carbocycles. The first-order valence-electron chi connectivity index (χ1n) is 7.40. The first-order chi connectivity index (χ1) is 10.3. The zero-order valence-electron chi connectivity index (χ0n) is 12.8. The molecule has 112 valence electrons. The highest BCUT2D eigenvalue weighted by molar-refractivity contribution is 5.28. The van der Waals surface area contributed by atoms with Crippen LogP contribution in [0.15, 0.2) is 48.5 Å². The van der Waals surface area contributed by atoms with Gasteiger partial charge in [-0.25, -0.2) is 0 Å². The Kier molecular flexibility index (Phi) is 6.10. The first-order valence-corrected chi connectivity index (χ1v) is 7.40. The van der Waals surface area contributed by atoms with Gasteiger partial charge in [-0.05, 0) is 48.9 Å². The van der Waals surface area contributed by atoms with Crippen LogP contribution in [0, 0.1) is 0 Å². The third kappa shape index (κ3) is 5.12. The Labute approximate surface area is 126 Å². The van der Waals surface area contributed by atoms with Crippen molar-refractivity contribution in [3.8, 4) is 11.5 Å². The molecular formula is C18H23NO2. The summed E-state index contributed by atoms with van der Waals surface area (Å²) in [6, 6.07) is 16.3. The minimum absolute atomic E-state index is 0.543. The summed E-state index contributed by atoms with van der Waals surface area (Å²) in [5.74, 6) is 1.76. The molecule has 0 fully saturated rings. The summed E-state index contributed by atoms with van der Waals surface area (Å²) in [6.07, 6.45) is 1.05. The Morgan fingerprint density at radius 1 is 0.762 bits per heavy atom. The molecular weight excluding hydrogens is 262 g/mol. The predicted octanol–water partition coefficient (Wildman–Crippen LogP) is 3.43. The molecule has 0 radical (unpaired) electrons. The van der Waals surface area contributed by atoms with E-state index in [1.54, 1.807) is 0 Å². The van der Waals surface area contributed by atoms with Gasteiger partial charge >= 0.3 is 0 Å². The van der Waals surface area contributed by atoms with Gasteiger partial charge in [-0.1, -0.05) is 31.2 Å². The fraction of sp³-hybridized carbons (Fsp3) is 0.333. The first kappa shape index (κ1) is 15.4. The van der Waals surface area contributed by atoms with E-state index in [1.165, 1.54) is 11.1 Å². The van der Waals surface area contributed by atoms with E-state index in [0.717, 1.165) is 24.5 Å². The molecule has 1 N–H and O–H groups in total. The van der Waals surface area contributed by atoms with Crippen molar-refractivity contribution in [3.05, 3.63) is 59.7 Å². The number of hydrogen-bond donors (Lipinski definition) is 1. The van der Waals surface area contributed by atoms with E-state index in [1.807, 2.05) is 31.3 Å². The molecule has 21 heavy (non-hydrogen) atoms. The van der Waals surface area contributed by atoms with Crippen molar-refractivity contribution in [1.29, 1.82) is 0 Å². The van der Waals surface area contributed by atoms with Crippen LogP contribution in [0.25, 0.3) is 0 Å². The smallest absolute Gasteiger partial charge is 0.122 e. The molecule has 0 aliphatic heterocycles. The van der Waals surface area contributed by atoms with Crippen LogP contribution in [-0.4, -0.2) is 20.3 Å². The second kappa shape index (κ2) is 8.32. The highest BCUT2D eigenvalue weighted by atomic mass is 16.5. The van der Waals surface area contributed by atoms with Crippen molar-refractivity contribution in [2.24, 2.45) is 0 Å². The molecule has 0 saturated carbocycles. The summed E-state index contributed by atoms with van der Waals surface area (Å²) in [5, 5.41) is 3.12. The van der Waals surface area contributed by atoms with Crippen LogP contribution in [0.1, 0.15) is 18.1 Å². The molecule has 2 rings (SSSR count). The summed E-state index contributed by atoms with van der Waals surface area (Å²) in [6.45, 7) is 4.10. The Hall–Kier alpha value is -2.00. The standard InChI is InChI=1S/C18H23NO2/c1-3-15-4-8-17(9-5-15)20-12-13-21-18-10-6-16(7-11-18)14-19-2/h4-11,19H,3,12-14H2,1-2H3. The second-order valence-electron chi connectivity index (χ2n) is 4.87. The normalized spacial score (nSPS) is 10.4. The molecule has 0 heterocycles. The zero-order valence-corrected chi connectivity index (χ0v) is 12.8. The second-order valence-corrected chi connectivity index (χ2v) is 4.87. The van der Waals surface area contributed by atoms with E-state index in [4.69, 9.17) is 9.47 Å². The number of benzene rings is 2. The fourth-order valence-corrected chi connectivity index (χ4v) is 2.05. The monoisotopic (exact) mass is 285 g/mol. The molecule has 0 aromatic heterocycles. The molecule has 0 unspecified atom stereocenters. The van der Waals surface area contributed by atoms with Crippen LogP contribution in [0.5, 0.6) is 11.5 Å². The van der Waals surface area contributed by atoms with Crippen molar-refractivity contribution >= 4 is 0 Å². The Bertz CT molecular complexity index is 520. The van der Waals surface area contributed by atoms with Crippen LogP contribution in [0.4, 0.5) is 0 Å². The van der Waals surface area contributed by atoms with Crippen molar-refractivity contribution in [2.45, 2.75) is 19.9 Å². The van der Waals surface area contributed by atoms with E-state index in [9.17, 15) is 0 Å². The Morgan fingerprint density at radius 3 is 1.67 bits per heavy atom. The average molecular weight is 285 g/mol. The maximum Gasteiger partial charge on any atom is 0.122 e. The summed E-state index contributed by atoms with van der Waals surface area (Å²) in [5.41, 5.74) is 2.57. The SMILES string of the molecule is CCc1ccc(OCCOc2ccc(CNC)cc2)cc1. The van der Waals surface area contributed by atoms with Crippen LogP contribution >= 0.6 is 0 Å². The van der Waals surface area contributed by atoms with Crippen molar-refractivity contribution in [3.63, 3.8) is 0 Å². The summed E-state index contributed by atoms with van der Waals surface area (Å²) < 4.78 is 11.3. The van der Waals surface area contributed by atoms with Gasteiger partial charge in [0.25, 0.3) is 0 Å². The highest BCUT2D eigenvalue weighted by Crippen LogP contribution is 2.14. The number of nitrogens with one attached hydrogen (secondary N) is 1. The van der Waals surface area contributed by atoms with E-state index in [-0.39, 0.29) is 0 Å². The van der Waals surface area contributed by atoms with Gasteiger partial charge in [0.2, 0.25) is 0 Å². The van der Waals surface area contributed by atoms with Gasteiger partial charge in [0.15, 0.2) is 0 Å². The lowest BCUT2D eigenvalue weighted by molar-refractivity contribution is 0.217. The highest BCUT2D eigenvalue weighted by Gasteiger charge is 1.97. The molecule has 0 aliphatic rings. The van der Waals surface area contributed by atoms with E-state index >= 15 is 0 Å². The van der Waals surface area contributed by atoms with Gasteiger partial charge in [-0.15, -0.1) is 0 Å². The molecule has 0 amide bonds. The van der Waals surface area contributed by atoms with Crippen LogP contribution in [0.3, 0.4) is 0 Å². The lowest BCUT2D eigenvalue weighted by Gasteiger charge is -2.09. The summed E-state index contributed by atoms with van der Waals surface area (Å²) in [7, 11) is 1.94. The maximum absolute atomic E-state index is 5.66. The topological polar surface area (TPSA) is 30.5 Å². The fourth-order valence-electron chi connectivity index (χ4n) is 2.05. The number of rotatable bonds is 8. The largest absolute Gasteiger partial charge is 0.490 e. The Balaban J connectivity index is 1.71. The summed E-state index contributed by atoms with van der Waals surface area (Å²) >= 11 is 0. The quantitative estimate of drug-likeness (QED) is 0.754. The van der Waals surface area contributed by atoms with Crippen LogP contribution in [-0.2, 0) is 13.0 Å². The van der Waals surface area contributed by atoms with E-state index < -0.39 is 0 Å². The van der Waals surface area contributed by atoms with Crippen molar-refractivity contribution in [1.82, 2.24) is 5.32 Å². The number of aryl methyl sites for hydroxylation is 1. The zero-order chi connectivity index (χ0) is 14.9. The number of ether oxygens (including phenoxy) is 2. The molecule has 2 aromatic rings. The lowest BCUT2D eigenvalue weighted by atomic mass is 10.2.